The van der Waals surface area contributed by atoms with E-state index in [0.29, 0.717) is 6.10 Å². The smallest absolute Gasteiger partial charge is 0.186 e. The predicted molar refractivity (Wildman–Crippen MR) is 55.3 cm³/mol. The van der Waals surface area contributed by atoms with Gasteiger partial charge in [0.2, 0.25) is 0 Å². The van der Waals surface area contributed by atoms with E-state index < -0.39 is 13.9 Å². The highest BCUT2D eigenvalue weighted by Gasteiger charge is 2.59. The zero-order valence-electron chi connectivity index (χ0n) is 9.04. The number of fused-ring (bicyclic) bond motifs is 1. The molecule has 1 aliphatic heterocycles. The molecule has 0 radical (unpaired) electrons. The average molecular weight is 211 g/mol. The summed E-state index contributed by atoms with van der Waals surface area (Å²) in [5.74, 6) is 0. The zero-order valence-corrected chi connectivity index (χ0v) is 10.0. The summed E-state index contributed by atoms with van der Waals surface area (Å²) in [6, 6.07) is 2.35. The van der Waals surface area contributed by atoms with Crippen LogP contribution < -0.4 is 0 Å². The molecule has 0 unspecified atom stereocenters. The van der Waals surface area contributed by atoms with Crippen LogP contribution in [-0.4, -0.2) is 26.1 Å². The molecule has 1 heterocycles. The van der Waals surface area contributed by atoms with Crippen molar-refractivity contribution in [2.75, 3.05) is 0 Å². The van der Waals surface area contributed by atoms with E-state index in [-0.39, 0.29) is 6.10 Å². The van der Waals surface area contributed by atoms with Crippen molar-refractivity contribution >= 4 is 8.32 Å². The third kappa shape index (κ3) is 1.72. The number of hydrogen-bond acceptors (Lipinski definition) is 3. The Morgan fingerprint density at radius 2 is 2.21 bits per heavy atom. The maximum absolute atomic E-state index is 9.27. The summed E-state index contributed by atoms with van der Waals surface area (Å²) in [6.45, 7) is 6.37. The lowest BCUT2D eigenvalue weighted by molar-refractivity contribution is 0.0718. The van der Waals surface area contributed by atoms with Crippen molar-refractivity contribution in [2.45, 2.75) is 56.7 Å². The number of rotatable bonds is 2. The largest absolute Gasteiger partial charge is 0.398 e. The van der Waals surface area contributed by atoms with Crippen molar-refractivity contribution in [3.8, 4) is 6.07 Å². The highest BCUT2D eigenvalue weighted by molar-refractivity contribution is 6.69. The Morgan fingerprint density at radius 3 is 2.79 bits per heavy atom. The second-order valence-corrected chi connectivity index (χ2v) is 9.63. The molecule has 78 valence electrons. The number of hydrogen-bond donors (Lipinski definition) is 0. The molecule has 0 spiro atoms. The topological polar surface area (TPSA) is 45.5 Å². The second kappa shape index (κ2) is 3.06. The minimum absolute atomic E-state index is 0.0629. The van der Waals surface area contributed by atoms with Crippen LogP contribution in [0.15, 0.2) is 0 Å². The van der Waals surface area contributed by atoms with E-state index in [1.807, 2.05) is 0 Å². The Kier molecular flexibility index (Phi) is 2.22. The van der Waals surface area contributed by atoms with Gasteiger partial charge in [0.1, 0.15) is 6.10 Å². The highest BCUT2D eigenvalue weighted by Crippen LogP contribution is 2.46. The Labute approximate surface area is 86.1 Å². The summed E-state index contributed by atoms with van der Waals surface area (Å²) < 4.78 is 11.5. The van der Waals surface area contributed by atoms with Crippen molar-refractivity contribution in [2.24, 2.45) is 0 Å². The lowest BCUT2D eigenvalue weighted by Crippen LogP contribution is -2.48. The van der Waals surface area contributed by atoms with Crippen LogP contribution in [0.1, 0.15) is 19.3 Å². The van der Waals surface area contributed by atoms with Crippen LogP contribution in [0.2, 0.25) is 19.6 Å². The lowest BCUT2D eigenvalue weighted by Gasteiger charge is -2.34. The van der Waals surface area contributed by atoms with Crippen LogP contribution in [0, 0.1) is 11.3 Å². The molecular weight excluding hydrogens is 194 g/mol. The average Bonchev–Trinajstić information content (AvgIpc) is 2.81. The van der Waals surface area contributed by atoms with Crippen molar-refractivity contribution in [3.63, 3.8) is 0 Å². The molecule has 0 aromatic heterocycles. The fraction of sp³-hybridized carbons (Fsp3) is 0.900. The van der Waals surface area contributed by atoms with Gasteiger partial charge in [0.25, 0.3) is 0 Å². The van der Waals surface area contributed by atoms with Crippen molar-refractivity contribution in [1.29, 1.82) is 5.26 Å². The van der Waals surface area contributed by atoms with E-state index in [1.54, 1.807) is 0 Å². The molecule has 0 aromatic rings. The highest BCUT2D eigenvalue weighted by atomic mass is 28.4. The molecule has 1 saturated carbocycles. The predicted octanol–water partition coefficient (Wildman–Crippen LogP) is 2.05. The monoisotopic (exact) mass is 211 g/mol. The van der Waals surface area contributed by atoms with E-state index in [4.69, 9.17) is 9.16 Å². The van der Waals surface area contributed by atoms with E-state index in [0.717, 1.165) is 19.3 Å². The van der Waals surface area contributed by atoms with Crippen LogP contribution in [0.3, 0.4) is 0 Å². The number of nitrogens with zero attached hydrogens (tertiary/aromatic N) is 1. The van der Waals surface area contributed by atoms with Gasteiger partial charge in [-0.15, -0.1) is 0 Å². The Bertz CT molecular complexity index is 281. The fourth-order valence-electron chi connectivity index (χ4n) is 2.28. The maximum Gasteiger partial charge on any atom is 0.186 e. The summed E-state index contributed by atoms with van der Waals surface area (Å²) in [4.78, 5) is 0. The number of nitriles is 1. The summed E-state index contributed by atoms with van der Waals surface area (Å²) in [6.07, 6.45) is 3.37. The standard InChI is InChI=1S/C10H17NO2Si/c1-14(2,3)13-10(7-11)6-4-5-8-9(10)12-8/h8-9H,4-6H2,1-3H3/t8-,9-,10+/m0/s1. The zero-order chi connectivity index (χ0) is 10.4. The summed E-state index contributed by atoms with van der Waals surface area (Å²) in [5, 5.41) is 9.27. The molecule has 4 heteroatoms. The third-order valence-electron chi connectivity index (χ3n) is 2.76. The first-order valence-electron chi connectivity index (χ1n) is 5.24. The van der Waals surface area contributed by atoms with Crippen molar-refractivity contribution in [3.05, 3.63) is 0 Å². The molecule has 0 aromatic carbocycles. The van der Waals surface area contributed by atoms with E-state index >= 15 is 0 Å². The molecule has 14 heavy (non-hydrogen) atoms. The van der Waals surface area contributed by atoms with Gasteiger partial charge in [-0.25, -0.2) is 0 Å². The first-order chi connectivity index (χ1) is 6.47. The van der Waals surface area contributed by atoms with E-state index in [9.17, 15) is 5.26 Å². The maximum atomic E-state index is 9.27. The van der Waals surface area contributed by atoms with E-state index in [2.05, 4.69) is 25.7 Å². The van der Waals surface area contributed by atoms with Gasteiger partial charge >= 0.3 is 0 Å². The molecule has 0 N–H and O–H groups in total. The first kappa shape index (κ1) is 10.2. The molecule has 2 aliphatic rings. The molecule has 3 atom stereocenters. The van der Waals surface area contributed by atoms with Gasteiger partial charge in [-0.3, -0.25) is 0 Å². The normalized spacial score (nSPS) is 41.3. The van der Waals surface area contributed by atoms with Crippen LogP contribution in [-0.2, 0) is 9.16 Å². The van der Waals surface area contributed by atoms with E-state index in [1.165, 1.54) is 0 Å². The molecule has 3 nitrogen and oxygen atoms in total. The molecule has 1 aliphatic carbocycles. The van der Waals surface area contributed by atoms with Crippen LogP contribution in [0.4, 0.5) is 0 Å². The van der Waals surface area contributed by atoms with Gasteiger partial charge in [0.05, 0.1) is 12.2 Å². The van der Waals surface area contributed by atoms with Gasteiger partial charge < -0.3 is 9.16 Å². The molecule has 2 rings (SSSR count). The summed E-state index contributed by atoms with van der Waals surface area (Å²) >= 11 is 0. The van der Waals surface area contributed by atoms with Crippen molar-refractivity contribution < 1.29 is 9.16 Å². The van der Waals surface area contributed by atoms with Crippen LogP contribution in [0.5, 0.6) is 0 Å². The Hall–Kier alpha value is -0.373. The van der Waals surface area contributed by atoms with Gasteiger partial charge in [-0.05, 0) is 38.9 Å². The second-order valence-electron chi connectivity index (χ2n) is 5.20. The van der Waals surface area contributed by atoms with Gasteiger partial charge in [-0.1, -0.05) is 0 Å². The number of ether oxygens (including phenoxy) is 1. The summed E-state index contributed by atoms with van der Waals surface area (Å²) in [7, 11) is -1.66. The van der Waals surface area contributed by atoms with Crippen LogP contribution >= 0.6 is 0 Å². The third-order valence-corrected chi connectivity index (χ3v) is 3.73. The first-order valence-corrected chi connectivity index (χ1v) is 8.65. The molecule has 2 fully saturated rings. The lowest BCUT2D eigenvalue weighted by atomic mass is 9.86. The van der Waals surface area contributed by atoms with Gasteiger partial charge in [0.15, 0.2) is 13.9 Å². The molecule has 0 amide bonds. The summed E-state index contributed by atoms with van der Waals surface area (Å²) in [5.41, 5.74) is -0.618. The molecular formula is C10H17NO2Si. The van der Waals surface area contributed by atoms with Crippen molar-refractivity contribution in [1.82, 2.24) is 0 Å². The SMILES string of the molecule is C[Si](C)(C)O[C@@]1(C#N)CCC[C@@H]2O[C@@H]21. The Morgan fingerprint density at radius 1 is 1.50 bits per heavy atom. The molecule has 1 saturated heterocycles. The Balaban J connectivity index is 2.14. The number of epoxide rings is 1. The fourth-order valence-corrected chi connectivity index (χ4v) is 3.64. The minimum atomic E-state index is -1.66. The van der Waals surface area contributed by atoms with Gasteiger partial charge in [0, 0.05) is 0 Å². The van der Waals surface area contributed by atoms with Crippen LogP contribution in [0.25, 0.3) is 0 Å². The minimum Gasteiger partial charge on any atom is -0.398 e. The molecule has 0 bridgehead atoms. The quantitative estimate of drug-likeness (QED) is 0.519. The van der Waals surface area contributed by atoms with Gasteiger partial charge in [-0.2, -0.15) is 5.26 Å².